The molecule has 1 N–H and O–H groups in total. The fourth-order valence-electron chi connectivity index (χ4n) is 2.05. The molecule has 0 aliphatic heterocycles. The summed E-state index contributed by atoms with van der Waals surface area (Å²) in [5.74, 6) is -0.208. The lowest BCUT2D eigenvalue weighted by atomic mass is 10.2. The molecule has 2 aromatic carbocycles. The van der Waals surface area contributed by atoms with E-state index in [0.717, 1.165) is 12.1 Å². The van der Waals surface area contributed by atoms with Gasteiger partial charge < -0.3 is 0 Å². The van der Waals surface area contributed by atoms with Crippen molar-refractivity contribution in [2.45, 2.75) is 11.1 Å². The zero-order valence-corrected chi connectivity index (χ0v) is 13.8. The maximum atomic E-state index is 12.6. The Bertz CT molecular complexity index is 1040. The van der Waals surface area contributed by atoms with E-state index in [1.54, 1.807) is 24.3 Å². The number of fused-ring (bicyclic) bond motifs is 1. The summed E-state index contributed by atoms with van der Waals surface area (Å²) in [6.07, 6.45) is -4.55. The summed E-state index contributed by atoms with van der Waals surface area (Å²) in [6, 6.07) is 9.76. The highest BCUT2D eigenvalue weighted by molar-refractivity contribution is 7.92. The van der Waals surface area contributed by atoms with E-state index in [-0.39, 0.29) is 15.9 Å². The van der Waals surface area contributed by atoms with Gasteiger partial charge in [0.05, 0.1) is 21.5 Å². The van der Waals surface area contributed by atoms with Crippen molar-refractivity contribution in [3.8, 4) is 0 Å². The summed E-state index contributed by atoms with van der Waals surface area (Å²) in [4.78, 5) is 7.75. The molecule has 0 saturated carbocycles. The van der Waals surface area contributed by atoms with E-state index in [0.29, 0.717) is 23.2 Å². The molecule has 0 aliphatic carbocycles. The fourth-order valence-corrected chi connectivity index (χ4v) is 3.30. The van der Waals surface area contributed by atoms with Crippen molar-refractivity contribution >= 4 is 38.5 Å². The first-order chi connectivity index (χ1) is 11.7. The molecule has 0 bridgehead atoms. The number of rotatable bonds is 3. The summed E-state index contributed by atoms with van der Waals surface area (Å²) in [7, 11) is -4.17. The minimum Gasteiger partial charge on any atom is -0.261 e. The normalized spacial score (nSPS) is 12.3. The highest BCUT2D eigenvalue weighted by atomic mass is 35.5. The van der Waals surface area contributed by atoms with Crippen LogP contribution in [0.3, 0.4) is 0 Å². The second-order valence-corrected chi connectivity index (χ2v) is 7.02. The summed E-state index contributed by atoms with van der Waals surface area (Å²) < 4.78 is 64.5. The van der Waals surface area contributed by atoms with Crippen LogP contribution in [0.2, 0.25) is 5.15 Å². The molecule has 1 heterocycles. The number of hydrogen-bond acceptors (Lipinski definition) is 4. The Hall–Kier alpha value is -2.39. The average molecular weight is 388 g/mol. The summed E-state index contributed by atoms with van der Waals surface area (Å²) >= 11 is 5.93. The summed E-state index contributed by atoms with van der Waals surface area (Å²) in [6.45, 7) is 0. The van der Waals surface area contributed by atoms with Gasteiger partial charge in [0.2, 0.25) is 0 Å². The minimum absolute atomic E-state index is 0.172. The van der Waals surface area contributed by atoms with E-state index >= 15 is 0 Å². The molecule has 3 rings (SSSR count). The van der Waals surface area contributed by atoms with Gasteiger partial charge in [0.15, 0.2) is 11.0 Å². The fraction of sp³-hybridized carbons (Fsp3) is 0.0667. The first-order valence-electron chi connectivity index (χ1n) is 6.79. The summed E-state index contributed by atoms with van der Waals surface area (Å²) in [5.41, 5.74) is -0.0584. The zero-order valence-electron chi connectivity index (χ0n) is 12.2. The van der Waals surface area contributed by atoms with Crippen molar-refractivity contribution < 1.29 is 21.6 Å². The van der Waals surface area contributed by atoms with Crippen LogP contribution in [0.1, 0.15) is 5.56 Å². The quantitative estimate of drug-likeness (QED) is 0.734. The van der Waals surface area contributed by atoms with Crippen molar-refractivity contribution in [1.29, 1.82) is 0 Å². The molecule has 130 valence electrons. The largest absolute Gasteiger partial charge is 0.416 e. The Balaban J connectivity index is 1.95. The van der Waals surface area contributed by atoms with Gasteiger partial charge in [0.25, 0.3) is 10.0 Å². The van der Waals surface area contributed by atoms with Crippen LogP contribution in [-0.4, -0.2) is 18.4 Å². The molecular formula is C15H9ClF3N3O2S. The lowest BCUT2D eigenvalue weighted by Gasteiger charge is -2.11. The molecule has 0 unspecified atom stereocenters. The van der Waals surface area contributed by atoms with E-state index in [1.807, 2.05) is 0 Å². The van der Waals surface area contributed by atoms with Gasteiger partial charge in [-0.25, -0.2) is 18.4 Å². The Labute approximate surface area is 145 Å². The van der Waals surface area contributed by atoms with E-state index in [2.05, 4.69) is 14.7 Å². The minimum atomic E-state index is -4.55. The van der Waals surface area contributed by atoms with Gasteiger partial charge in [-0.3, -0.25) is 4.72 Å². The predicted molar refractivity (Wildman–Crippen MR) is 86.8 cm³/mol. The van der Waals surface area contributed by atoms with E-state index in [9.17, 15) is 21.6 Å². The maximum Gasteiger partial charge on any atom is 0.416 e. The van der Waals surface area contributed by atoms with Crippen LogP contribution in [0.5, 0.6) is 0 Å². The Morgan fingerprint density at radius 1 is 0.920 bits per heavy atom. The van der Waals surface area contributed by atoms with Gasteiger partial charge in [0, 0.05) is 0 Å². The van der Waals surface area contributed by atoms with Crippen LogP contribution in [-0.2, 0) is 16.2 Å². The van der Waals surface area contributed by atoms with Crippen molar-refractivity contribution in [3.63, 3.8) is 0 Å². The van der Waals surface area contributed by atoms with Gasteiger partial charge >= 0.3 is 6.18 Å². The van der Waals surface area contributed by atoms with Crippen molar-refractivity contribution in [2.24, 2.45) is 0 Å². The van der Waals surface area contributed by atoms with Crippen molar-refractivity contribution in [3.05, 3.63) is 59.2 Å². The number of para-hydroxylation sites is 2. The van der Waals surface area contributed by atoms with Crippen molar-refractivity contribution in [1.82, 2.24) is 9.97 Å². The number of halogens is 4. The van der Waals surface area contributed by atoms with E-state index in [1.165, 1.54) is 0 Å². The Kier molecular flexibility index (Phi) is 4.29. The molecule has 5 nitrogen and oxygen atoms in total. The van der Waals surface area contributed by atoms with Crippen LogP contribution < -0.4 is 4.72 Å². The molecule has 0 saturated heterocycles. The highest BCUT2D eigenvalue weighted by Crippen LogP contribution is 2.30. The second kappa shape index (κ2) is 6.16. The second-order valence-electron chi connectivity index (χ2n) is 4.98. The van der Waals surface area contributed by atoms with Crippen LogP contribution in [0.25, 0.3) is 11.0 Å². The van der Waals surface area contributed by atoms with Gasteiger partial charge in [0.1, 0.15) is 0 Å². The molecule has 0 radical (unpaired) electrons. The number of sulfonamides is 1. The maximum absolute atomic E-state index is 12.6. The number of anilines is 1. The number of nitrogens with zero attached hydrogens (tertiary/aromatic N) is 2. The molecule has 0 spiro atoms. The standard InChI is InChI=1S/C15H9ClF3N3O2S/c16-13-14(21-12-4-2-1-3-11(12)20-13)22-25(23,24)10-7-5-9(6-8-10)15(17,18)19/h1-8H,(H,21,22). The molecule has 25 heavy (non-hydrogen) atoms. The molecule has 1 aromatic heterocycles. The summed E-state index contributed by atoms with van der Waals surface area (Å²) in [5, 5.41) is -0.172. The lowest BCUT2D eigenvalue weighted by molar-refractivity contribution is -0.137. The molecular weight excluding hydrogens is 379 g/mol. The smallest absolute Gasteiger partial charge is 0.261 e. The zero-order chi connectivity index (χ0) is 18.2. The first kappa shape index (κ1) is 17.4. The van der Waals surface area contributed by atoms with Crippen molar-refractivity contribution in [2.75, 3.05) is 4.72 Å². The molecule has 0 fully saturated rings. The molecule has 3 aromatic rings. The SMILES string of the molecule is O=S(=O)(Nc1nc2ccccc2nc1Cl)c1ccc(C(F)(F)F)cc1. The predicted octanol–water partition coefficient (Wildman–Crippen LogP) is 4.10. The van der Waals surface area contributed by atoms with Gasteiger partial charge in [-0.05, 0) is 36.4 Å². The highest BCUT2D eigenvalue weighted by Gasteiger charge is 2.30. The monoisotopic (exact) mass is 387 g/mol. The molecule has 0 amide bonds. The Morgan fingerprint density at radius 2 is 1.48 bits per heavy atom. The van der Waals surface area contributed by atoms with Crippen LogP contribution >= 0.6 is 11.6 Å². The number of aromatic nitrogens is 2. The third-order valence-electron chi connectivity index (χ3n) is 3.25. The van der Waals surface area contributed by atoms with Gasteiger partial charge in [-0.2, -0.15) is 13.2 Å². The van der Waals surface area contributed by atoms with Crippen LogP contribution in [0.4, 0.5) is 19.0 Å². The number of hydrogen-bond donors (Lipinski definition) is 1. The van der Waals surface area contributed by atoms with Gasteiger partial charge in [-0.15, -0.1) is 0 Å². The third kappa shape index (κ3) is 3.67. The third-order valence-corrected chi connectivity index (χ3v) is 4.87. The number of nitrogens with one attached hydrogen (secondary N) is 1. The Morgan fingerprint density at radius 3 is 2.04 bits per heavy atom. The van der Waals surface area contributed by atoms with E-state index < -0.39 is 21.8 Å². The lowest BCUT2D eigenvalue weighted by Crippen LogP contribution is -2.15. The average Bonchev–Trinajstić information content (AvgIpc) is 2.55. The van der Waals surface area contributed by atoms with E-state index in [4.69, 9.17) is 11.6 Å². The topological polar surface area (TPSA) is 72.0 Å². The first-order valence-corrected chi connectivity index (χ1v) is 8.65. The molecule has 0 aliphatic rings. The van der Waals surface area contributed by atoms with Crippen LogP contribution in [0, 0.1) is 0 Å². The van der Waals surface area contributed by atoms with Gasteiger partial charge in [-0.1, -0.05) is 23.7 Å². The van der Waals surface area contributed by atoms with Crippen LogP contribution in [0.15, 0.2) is 53.4 Å². The number of alkyl halides is 3. The molecule has 0 atom stereocenters. The number of benzene rings is 2. The molecule has 10 heteroatoms.